The first-order valence-electron chi connectivity index (χ1n) is 4.22. The van der Waals surface area contributed by atoms with Gasteiger partial charge in [0.25, 0.3) is 0 Å². The van der Waals surface area contributed by atoms with Gasteiger partial charge in [0.1, 0.15) is 6.29 Å². The quantitative estimate of drug-likeness (QED) is 0.504. The van der Waals surface area contributed by atoms with Crippen molar-refractivity contribution >= 4 is 6.29 Å². The highest BCUT2D eigenvalue weighted by molar-refractivity contribution is 5.49. The van der Waals surface area contributed by atoms with Crippen molar-refractivity contribution < 1.29 is 4.79 Å². The standard InChI is InChI=1S/C7H14N2O.C2H6/c1-7(5-4-6-10)8-9(2)3;1-2/h6,8H,1,4-5H2,2-3H3;1-2H3. The first-order chi connectivity index (χ1) is 5.66. The molecule has 0 spiro atoms. The van der Waals surface area contributed by atoms with Gasteiger partial charge in [0.05, 0.1) is 0 Å². The van der Waals surface area contributed by atoms with Crippen molar-refractivity contribution in [2.45, 2.75) is 26.7 Å². The molecule has 0 bridgehead atoms. The molecule has 0 aliphatic heterocycles. The molecule has 0 atom stereocenters. The summed E-state index contributed by atoms with van der Waals surface area (Å²) in [5, 5.41) is 1.80. The predicted octanol–water partition coefficient (Wildman–Crippen LogP) is 1.57. The van der Waals surface area contributed by atoms with E-state index in [2.05, 4.69) is 12.0 Å². The molecule has 0 aromatic rings. The summed E-state index contributed by atoms with van der Waals surface area (Å²) in [4.78, 5) is 9.91. The Bertz CT molecular complexity index is 122. The fraction of sp³-hybridized carbons (Fsp3) is 0.667. The monoisotopic (exact) mass is 172 g/mol. The zero-order valence-corrected chi connectivity index (χ0v) is 8.55. The van der Waals surface area contributed by atoms with E-state index in [4.69, 9.17) is 0 Å². The summed E-state index contributed by atoms with van der Waals surface area (Å²) in [5.74, 6) is 0. The highest BCUT2D eigenvalue weighted by Gasteiger charge is 1.92. The first-order valence-corrected chi connectivity index (χ1v) is 4.22. The number of aldehydes is 1. The fourth-order valence-corrected chi connectivity index (χ4v) is 0.605. The summed E-state index contributed by atoms with van der Waals surface area (Å²) in [7, 11) is 3.76. The molecule has 0 fully saturated rings. The SMILES string of the molecule is C=C(CCC=O)NN(C)C.CC. The van der Waals surface area contributed by atoms with E-state index in [1.807, 2.05) is 27.9 Å². The van der Waals surface area contributed by atoms with Crippen LogP contribution in [0, 0.1) is 0 Å². The summed E-state index contributed by atoms with van der Waals surface area (Å²) >= 11 is 0. The molecular weight excluding hydrogens is 152 g/mol. The van der Waals surface area contributed by atoms with Crippen LogP contribution in [0.4, 0.5) is 0 Å². The van der Waals surface area contributed by atoms with Crippen LogP contribution in [0.15, 0.2) is 12.3 Å². The van der Waals surface area contributed by atoms with Crippen LogP contribution in [0.1, 0.15) is 26.7 Å². The molecule has 0 unspecified atom stereocenters. The molecule has 0 aliphatic carbocycles. The molecule has 0 heterocycles. The van der Waals surface area contributed by atoms with Crippen molar-refractivity contribution in [1.29, 1.82) is 0 Å². The lowest BCUT2D eigenvalue weighted by molar-refractivity contribution is -0.107. The van der Waals surface area contributed by atoms with Gasteiger partial charge in [0.2, 0.25) is 0 Å². The molecule has 0 radical (unpaired) electrons. The lowest BCUT2D eigenvalue weighted by Gasteiger charge is -2.14. The Kier molecular flexibility index (Phi) is 11.6. The minimum atomic E-state index is 0.541. The normalized spacial score (nSPS) is 8.42. The molecule has 3 heteroatoms. The van der Waals surface area contributed by atoms with E-state index >= 15 is 0 Å². The number of nitrogens with one attached hydrogen (secondary N) is 1. The van der Waals surface area contributed by atoms with Crippen molar-refractivity contribution in [3.8, 4) is 0 Å². The van der Waals surface area contributed by atoms with Crippen LogP contribution in [0.25, 0.3) is 0 Å². The minimum absolute atomic E-state index is 0.541. The third kappa shape index (κ3) is 11.9. The average molecular weight is 172 g/mol. The van der Waals surface area contributed by atoms with Crippen LogP contribution >= 0.6 is 0 Å². The summed E-state index contributed by atoms with van der Waals surface area (Å²) < 4.78 is 0. The Morgan fingerprint density at radius 2 is 2.00 bits per heavy atom. The average Bonchev–Trinajstić information content (AvgIpc) is 2.03. The summed E-state index contributed by atoms with van der Waals surface area (Å²) in [5.41, 5.74) is 3.83. The number of nitrogens with zero attached hydrogens (tertiary/aromatic N) is 1. The lowest BCUT2D eigenvalue weighted by Crippen LogP contribution is -2.29. The number of allylic oxidation sites excluding steroid dienone is 1. The van der Waals surface area contributed by atoms with Crippen LogP contribution in [0.3, 0.4) is 0 Å². The van der Waals surface area contributed by atoms with Crippen LogP contribution in [-0.4, -0.2) is 25.4 Å². The van der Waals surface area contributed by atoms with E-state index in [-0.39, 0.29) is 0 Å². The van der Waals surface area contributed by atoms with Gasteiger partial charge in [-0.2, -0.15) is 0 Å². The first kappa shape index (κ1) is 13.7. The van der Waals surface area contributed by atoms with Gasteiger partial charge in [-0.1, -0.05) is 20.4 Å². The summed E-state index contributed by atoms with van der Waals surface area (Å²) in [6.45, 7) is 7.72. The van der Waals surface area contributed by atoms with E-state index in [1.165, 1.54) is 0 Å². The van der Waals surface area contributed by atoms with Crippen molar-refractivity contribution in [3.63, 3.8) is 0 Å². The third-order valence-corrected chi connectivity index (χ3v) is 0.946. The smallest absolute Gasteiger partial charge is 0.120 e. The molecule has 0 aromatic heterocycles. The maximum absolute atomic E-state index is 9.91. The largest absolute Gasteiger partial charge is 0.324 e. The fourth-order valence-electron chi connectivity index (χ4n) is 0.605. The molecule has 0 amide bonds. The molecule has 3 nitrogen and oxygen atoms in total. The van der Waals surface area contributed by atoms with Gasteiger partial charge >= 0.3 is 0 Å². The predicted molar refractivity (Wildman–Crippen MR) is 52.6 cm³/mol. The Morgan fingerprint density at radius 1 is 1.50 bits per heavy atom. The summed E-state index contributed by atoms with van der Waals surface area (Å²) in [6, 6.07) is 0. The van der Waals surface area contributed by atoms with Gasteiger partial charge in [-0.25, -0.2) is 5.01 Å². The van der Waals surface area contributed by atoms with Crippen LogP contribution < -0.4 is 5.43 Å². The van der Waals surface area contributed by atoms with Gasteiger partial charge in [-0.15, -0.1) is 0 Å². The number of rotatable bonds is 5. The molecule has 12 heavy (non-hydrogen) atoms. The van der Waals surface area contributed by atoms with Crippen molar-refractivity contribution in [1.82, 2.24) is 10.4 Å². The van der Waals surface area contributed by atoms with E-state index in [0.29, 0.717) is 12.8 Å². The zero-order valence-electron chi connectivity index (χ0n) is 8.55. The number of carbonyl (C=O) groups is 1. The highest BCUT2D eigenvalue weighted by Crippen LogP contribution is 1.94. The van der Waals surface area contributed by atoms with E-state index in [9.17, 15) is 4.79 Å². The molecule has 0 saturated heterocycles. The topological polar surface area (TPSA) is 32.3 Å². The van der Waals surface area contributed by atoms with Crippen molar-refractivity contribution in [2.24, 2.45) is 0 Å². The lowest BCUT2D eigenvalue weighted by atomic mass is 10.3. The minimum Gasteiger partial charge on any atom is -0.324 e. The van der Waals surface area contributed by atoms with Crippen LogP contribution in [0.2, 0.25) is 0 Å². The highest BCUT2D eigenvalue weighted by atomic mass is 16.1. The molecule has 0 saturated carbocycles. The van der Waals surface area contributed by atoms with Crippen LogP contribution in [-0.2, 0) is 4.79 Å². The Hall–Kier alpha value is -0.830. The second-order valence-electron chi connectivity index (χ2n) is 2.32. The Labute approximate surface area is 75.4 Å². The molecule has 72 valence electrons. The maximum atomic E-state index is 9.91. The maximum Gasteiger partial charge on any atom is 0.120 e. The van der Waals surface area contributed by atoms with Crippen molar-refractivity contribution in [3.05, 3.63) is 12.3 Å². The Balaban J connectivity index is 0. The van der Waals surface area contributed by atoms with E-state index < -0.39 is 0 Å². The Morgan fingerprint density at radius 3 is 2.33 bits per heavy atom. The number of hydrogen-bond acceptors (Lipinski definition) is 3. The van der Waals surface area contributed by atoms with Crippen LogP contribution in [0.5, 0.6) is 0 Å². The second-order valence-corrected chi connectivity index (χ2v) is 2.32. The van der Waals surface area contributed by atoms with Gasteiger partial charge in [-0.3, -0.25) is 0 Å². The molecule has 0 rings (SSSR count). The third-order valence-electron chi connectivity index (χ3n) is 0.946. The zero-order chi connectivity index (χ0) is 9.98. The number of carbonyl (C=O) groups excluding carboxylic acids is 1. The molecule has 1 N–H and O–H groups in total. The second kappa shape index (κ2) is 10.2. The molecule has 0 aliphatic rings. The molecule has 0 aromatic carbocycles. The van der Waals surface area contributed by atoms with Gasteiger partial charge in [0, 0.05) is 26.2 Å². The van der Waals surface area contributed by atoms with Gasteiger partial charge in [0.15, 0.2) is 0 Å². The van der Waals surface area contributed by atoms with E-state index in [1.54, 1.807) is 5.01 Å². The van der Waals surface area contributed by atoms with Crippen molar-refractivity contribution in [2.75, 3.05) is 14.1 Å². The number of hydrogen-bond donors (Lipinski definition) is 1. The van der Waals surface area contributed by atoms with Gasteiger partial charge < -0.3 is 10.2 Å². The van der Waals surface area contributed by atoms with E-state index in [0.717, 1.165) is 12.0 Å². The summed E-state index contributed by atoms with van der Waals surface area (Å²) in [6.07, 6.45) is 2.14. The number of hydrazine groups is 1. The molecular formula is C9H20N2O. The van der Waals surface area contributed by atoms with Gasteiger partial charge in [-0.05, 0) is 6.42 Å².